The summed E-state index contributed by atoms with van der Waals surface area (Å²) >= 11 is 3.97. The first kappa shape index (κ1) is 9.55. The van der Waals surface area contributed by atoms with Crippen molar-refractivity contribution < 1.29 is 5.11 Å². The maximum atomic E-state index is 9.54. The van der Waals surface area contributed by atoms with E-state index in [1.807, 2.05) is 18.2 Å². The molecule has 13 heavy (non-hydrogen) atoms. The van der Waals surface area contributed by atoms with Gasteiger partial charge >= 0.3 is 0 Å². The van der Waals surface area contributed by atoms with Gasteiger partial charge < -0.3 is 5.11 Å². The van der Waals surface area contributed by atoms with Crippen LogP contribution in [-0.4, -0.2) is 17.0 Å². The molecule has 3 heteroatoms. The van der Waals surface area contributed by atoms with Gasteiger partial charge in [0.2, 0.25) is 0 Å². The molecule has 0 radical (unpaired) electrons. The van der Waals surface area contributed by atoms with Gasteiger partial charge in [-0.15, -0.1) is 11.8 Å². The third kappa shape index (κ3) is 1.92. The SMILES string of the molecule is OC1CSC(c2ccccc2)=C1I. The second-order valence-electron chi connectivity index (χ2n) is 2.87. The molecule has 0 aliphatic carbocycles. The second kappa shape index (κ2) is 4.02. The molecule has 0 fully saturated rings. The second-order valence-corrected chi connectivity index (χ2v) is 5.06. The molecular formula is C10H9IOS. The van der Waals surface area contributed by atoms with E-state index >= 15 is 0 Å². The Bertz CT molecular complexity index is 334. The lowest BCUT2D eigenvalue weighted by atomic mass is 10.2. The molecule has 0 saturated heterocycles. The molecule has 0 amide bonds. The quantitative estimate of drug-likeness (QED) is 0.805. The number of thioether (sulfide) groups is 1. The van der Waals surface area contributed by atoms with Crippen molar-refractivity contribution in [2.45, 2.75) is 6.10 Å². The number of benzene rings is 1. The zero-order valence-electron chi connectivity index (χ0n) is 6.90. The lowest BCUT2D eigenvalue weighted by molar-refractivity contribution is 0.249. The van der Waals surface area contributed by atoms with Gasteiger partial charge in [-0.05, 0) is 28.2 Å². The maximum absolute atomic E-state index is 9.54. The number of halogens is 1. The van der Waals surface area contributed by atoms with Crippen molar-refractivity contribution in [3.63, 3.8) is 0 Å². The standard InChI is InChI=1S/C10H9IOS/c11-9-8(12)6-13-10(9)7-4-2-1-3-5-7/h1-5,8,12H,6H2. The molecule has 0 aromatic heterocycles. The number of aliphatic hydroxyl groups excluding tert-OH is 1. The molecule has 68 valence electrons. The number of hydrogen-bond acceptors (Lipinski definition) is 2. The minimum absolute atomic E-state index is 0.263. The van der Waals surface area contributed by atoms with E-state index in [0.29, 0.717) is 0 Å². The van der Waals surface area contributed by atoms with Gasteiger partial charge in [0.15, 0.2) is 0 Å². The highest BCUT2D eigenvalue weighted by molar-refractivity contribution is 14.1. The summed E-state index contributed by atoms with van der Waals surface area (Å²) in [6, 6.07) is 10.2. The Morgan fingerprint density at radius 1 is 1.31 bits per heavy atom. The first-order valence-electron chi connectivity index (χ1n) is 4.05. The van der Waals surface area contributed by atoms with Gasteiger partial charge in [-0.25, -0.2) is 0 Å². The topological polar surface area (TPSA) is 20.2 Å². The van der Waals surface area contributed by atoms with E-state index in [-0.39, 0.29) is 6.10 Å². The minimum Gasteiger partial charge on any atom is -0.387 e. The average Bonchev–Trinajstić information content (AvgIpc) is 2.49. The summed E-state index contributed by atoms with van der Waals surface area (Å²) in [5, 5.41) is 9.54. The minimum atomic E-state index is -0.263. The van der Waals surface area contributed by atoms with Gasteiger partial charge in [0, 0.05) is 14.2 Å². The lowest BCUT2D eigenvalue weighted by Gasteiger charge is -2.01. The molecule has 1 aromatic carbocycles. The average molecular weight is 304 g/mol. The largest absolute Gasteiger partial charge is 0.387 e. The van der Waals surface area contributed by atoms with Crippen LogP contribution in [0.25, 0.3) is 4.91 Å². The van der Waals surface area contributed by atoms with Crippen LogP contribution in [0.3, 0.4) is 0 Å². The Morgan fingerprint density at radius 2 is 2.00 bits per heavy atom. The number of rotatable bonds is 1. The number of hydrogen-bond donors (Lipinski definition) is 1. The molecule has 1 aromatic rings. The summed E-state index contributed by atoms with van der Waals surface area (Å²) in [6.07, 6.45) is -0.263. The fourth-order valence-electron chi connectivity index (χ4n) is 1.27. The molecule has 1 aliphatic rings. The zero-order valence-corrected chi connectivity index (χ0v) is 9.88. The third-order valence-electron chi connectivity index (χ3n) is 1.93. The fourth-order valence-corrected chi connectivity index (χ4v) is 3.63. The highest BCUT2D eigenvalue weighted by atomic mass is 127. The summed E-state index contributed by atoms with van der Waals surface area (Å²) in [4.78, 5) is 1.23. The van der Waals surface area contributed by atoms with Crippen LogP contribution >= 0.6 is 34.4 Å². The highest BCUT2D eigenvalue weighted by Gasteiger charge is 2.22. The van der Waals surface area contributed by atoms with Gasteiger partial charge in [0.1, 0.15) is 0 Å². The maximum Gasteiger partial charge on any atom is 0.0951 e. The van der Waals surface area contributed by atoms with Crippen LogP contribution < -0.4 is 0 Å². The highest BCUT2D eigenvalue weighted by Crippen LogP contribution is 2.41. The van der Waals surface area contributed by atoms with Gasteiger partial charge in [-0.3, -0.25) is 0 Å². The van der Waals surface area contributed by atoms with Crippen LogP contribution in [0.4, 0.5) is 0 Å². The molecule has 0 spiro atoms. The molecule has 1 heterocycles. The van der Waals surface area contributed by atoms with Crippen LogP contribution in [-0.2, 0) is 0 Å². The van der Waals surface area contributed by atoms with E-state index in [0.717, 1.165) is 9.33 Å². The van der Waals surface area contributed by atoms with E-state index in [1.54, 1.807) is 11.8 Å². The van der Waals surface area contributed by atoms with Crippen LogP contribution in [0.15, 0.2) is 33.9 Å². The smallest absolute Gasteiger partial charge is 0.0951 e. The van der Waals surface area contributed by atoms with Crippen LogP contribution in [0.5, 0.6) is 0 Å². The molecule has 2 rings (SSSR count). The van der Waals surface area contributed by atoms with Gasteiger partial charge in [-0.2, -0.15) is 0 Å². The van der Waals surface area contributed by atoms with Crippen molar-refractivity contribution in [1.82, 2.24) is 0 Å². The Hall–Kier alpha value is -0.000000000000000111. The summed E-state index contributed by atoms with van der Waals surface area (Å²) in [5.41, 5.74) is 1.22. The van der Waals surface area contributed by atoms with Crippen LogP contribution in [0.1, 0.15) is 5.56 Å². The van der Waals surface area contributed by atoms with Crippen molar-refractivity contribution in [2.75, 3.05) is 5.75 Å². The van der Waals surface area contributed by atoms with Crippen molar-refractivity contribution in [2.24, 2.45) is 0 Å². The normalized spacial score (nSPS) is 22.5. The molecule has 0 saturated carbocycles. The Labute approximate surface area is 95.4 Å². The van der Waals surface area contributed by atoms with Crippen molar-refractivity contribution in [3.05, 3.63) is 39.5 Å². The molecule has 1 unspecified atom stereocenters. The zero-order chi connectivity index (χ0) is 9.26. The van der Waals surface area contributed by atoms with E-state index in [2.05, 4.69) is 34.7 Å². The first-order valence-corrected chi connectivity index (χ1v) is 6.11. The molecule has 1 atom stereocenters. The summed E-state index contributed by atoms with van der Waals surface area (Å²) < 4.78 is 1.08. The molecule has 1 nitrogen and oxygen atoms in total. The van der Waals surface area contributed by atoms with Gasteiger partial charge in [-0.1, -0.05) is 30.3 Å². The Kier molecular flexibility index (Phi) is 2.96. The number of aliphatic hydroxyl groups is 1. The summed E-state index contributed by atoms with van der Waals surface area (Å²) in [7, 11) is 0. The Balaban J connectivity index is 2.38. The molecular weight excluding hydrogens is 295 g/mol. The van der Waals surface area contributed by atoms with Crippen molar-refractivity contribution in [1.29, 1.82) is 0 Å². The van der Waals surface area contributed by atoms with E-state index < -0.39 is 0 Å². The predicted octanol–water partition coefficient (Wildman–Crippen LogP) is 2.90. The van der Waals surface area contributed by atoms with Crippen LogP contribution in [0.2, 0.25) is 0 Å². The predicted molar refractivity (Wildman–Crippen MR) is 65.8 cm³/mol. The summed E-state index contributed by atoms with van der Waals surface area (Å²) in [5.74, 6) is 0.794. The van der Waals surface area contributed by atoms with Crippen LogP contribution in [0, 0.1) is 0 Å². The molecule has 1 aliphatic heterocycles. The molecule has 1 N–H and O–H groups in total. The summed E-state index contributed by atoms with van der Waals surface area (Å²) in [6.45, 7) is 0. The Morgan fingerprint density at radius 3 is 2.54 bits per heavy atom. The van der Waals surface area contributed by atoms with Gasteiger partial charge in [0.05, 0.1) is 6.10 Å². The molecule has 0 bridgehead atoms. The first-order chi connectivity index (χ1) is 6.29. The third-order valence-corrected chi connectivity index (χ3v) is 4.78. The van der Waals surface area contributed by atoms with Crippen molar-refractivity contribution >= 4 is 39.3 Å². The van der Waals surface area contributed by atoms with Gasteiger partial charge in [0.25, 0.3) is 0 Å². The fraction of sp³-hybridized carbons (Fsp3) is 0.200. The van der Waals surface area contributed by atoms with E-state index in [4.69, 9.17) is 0 Å². The monoisotopic (exact) mass is 304 g/mol. The van der Waals surface area contributed by atoms with Crippen molar-refractivity contribution in [3.8, 4) is 0 Å². The van der Waals surface area contributed by atoms with E-state index in [9.17, 15) is 5.11 Å². The van der Waals surface area contributed by atoms with E-state index in [1.165, 1.54) is 10.5 Å². The lowest BCUT2D eigenvalue weighted by Crippen LogP contribution is -2.03.